The molecule has 0 bridgehead atoms. The average molecular weight is 428 g/mol. The quantitative estimate of drug-likeness (QED) is 0.677. The molecule has 1 N–H and O–H groups in total. The minimum Gasteiger partial charge on any atom is -0.466 e. The fraction of sp³-hybridized carbons (Fsp3) is 0.571. The zero-order chi connectivity index (χ0) is 22.3. The van der Waals surface area contributed by atoms with Crippen molar-refractivity contribution in [3.8, 4) is 0 Å². The van der Waals surface area contributed by atoms with Crippen molar-refractivity contribution >= 4 is 17.8 Å². The molecule has 2 amide bonds. The Kier molecular flexibility index (Phi) is 8.25. The summed E-state index contributed by atoms with van der Waals surface area (Å²) < 4.78 is 43.3. The Hall–Kier alpha value is -2.58. The smallest absolute Gasteiger partial charge is 0.466 e. The number of esters is 1. The summed E-state index contributed by atoms with van der Waals surface area (Å²) in [5.74, 6) is -3.03. The molecule has 0 aromatic heterocycles. The lowest BCUT2D eigenvalue weighted by molar-refractivity contribution is -0.174. The van der Waals surface area contributed by atoms with Crippen LogP contribution in [0.4, 0.5) is 13.2 Å². The first kappa shape index (κ1) is 23.7. The van der Waals surface area contributed by atoms with Crippen LogP contribution in [-0.4, -0.2) is 48.6 Å². The maximum absolute atomic E-state index is 12.8. The van der Waals surface area contributed by atoms with Crippen LogP contribution in [0.5, 0.6) is 0 Å². The lowest BCUT2D eigenvalue weighted by Crippen LogP contribution is -2.44. The number of ether oxygens (including phenoxy) is 1. The molecule has 1 aromatic carbocycles. The van der Waals surface area contributed by atoms with Gasteiger partial charge in [0.15, 0.2) is 0 Å². The van der Waals surface area contributed by atoms with Crippen molar-refractivity contribution in [1.29, 1.82) is 0 Å². The van der Waals surface area contributed by atoms with Gasteiger partial charge in [-0.25, -0.2) is 0 Å². The summed E-state index contributed by atoms with van der Waals surface area (Å²) in [4.78, 5) is 37.6. The third-order valence-electron chi connectivity index (χ3n) is 5.20. The van der Waals surface area contributed by atoms with Gasteiger partial charge in [0.05, 0.1) is 25.0 Å². The second-order valence-electron chi connectivity index (χ2n) is 7.23. The van der Waals surface area contributed by atoms with Crippen molar-refractivity contribution in [3.05, 3.63) is 35.4 Å². The predicted octanol–water partition coefficient (Wildman–Crippen LogP) is 3.16. The standard InChI is InChI=1S/C21H27F3N2O4/c1-3-14-5-7-15(8-6-14)17(25-20(29)21(22,23)24)13-18(27)26-11-9-16(10-12-26)19(28)30-4-2/h5-8,16-17H,3-4,9-13H2,1-2H3,(H,25,29). The Morgan fingerprint density at radius 2 is 1.73 bits per heavy atom. The minimum absolute atomic E-state index is 0.281. The van der Waals surface area contributed by atoms with E-state index in [-0.39, 0.29) is 30.8 Å². The predicted molar refractivity (Wildman–Crippen MR) is 103 cm³/mol. The van der Waals surface area contributed by atoms with Crippen molar-refractivity contribution in [2.24, 2.45) is 5.92 Å². The highest BCUT2D eigenvalue weighted by Gasteiger charge is 2.40. The molecule has 0 aliphatic carbocycles. The van der Waals surface area contributed by atoms with Gasteiger partial charge >= 0.3 is 18.1 Å². The van der Waals surface area contributed by atoms with Crippen molar-refractivity contribution in [2.75, 3.05) is 19.7 Å². The van der Waals surface area contributed by atoms with Crippen molar-refractivity contribution in [2.45, 2.75) is 51.7 Å². The van der Waals surface area contributed by atoms with Crippen LogP contribution in [-0.2, 0) is 25.5 Å². The van der Waals surface area contributed by atoms with E-state index in [0.29, 0.717) is 31.5 Å². The highest BCUT2D eigenvalue weighted by Crippen LogP contribution is 2.25. The Labute approximate surface area is 173 Å². The number of alkyl halides is 3. The van der Waals surface area contributed by atoms with E-state index in [1.807, 2.05) is 12.2 Å². The average Bonchev–Trinajstić information content (AvgIpc) is 2.72. The molecular weight excluding hydrogens is 401 g/mol. The van der Waals surface area contributed by atoms with Crippen LogP contribution in [0.15, 0.2) is 24.3 Å². The summed E-state index contributed by atoms with van der Waals surface area (Å²) in [6, 6.07) is 5.68. The van der Waals surface area contributed by atoms with E-state index in [0.717, 1.165) is 12.0 Å². The second kappa shape index (κ2) is 10.4. The molecule has 0 spiro atoms. The molecule has 1 aliphatic rings. The molecule has 0 radical (unpaired) electrons. The van der Waals surface area contributed by atoms with Gasteiger partial charge in [0.1, 0.15) is 0 Å². The number of rotatable bonds is 7. The van der Waals surface area contributed by atoms with Gasteiger partial charge < -0.3 is 15.0 Å². The molecule has 1 unspecified atom stereocenters. The van der Waals surface area contributed by atoms with E-state index in [9.17, 15) is 27.6 Å². The molecule has 30 heavy (non-hydrogen) atoms. The van der Waals surface area contributed by atoms with Gasteiger partial charge in [0.25, 0.3) is 0 Å². The number of halogens is 3. The molecule has 9 heteroatoms. The van der Waals surface area contributed by atoms with Crippen LogP contribution >= 0.6 is 0 Å². The van der Waals surface area contributed by atoms with E-state index < -0.39 is 18.1 Å². The summed E-state index contributed by atoms with van der Waals surface area (Å²) in [6.07, 6.45) is -3.70. The van der Waals surface area contributed by atoms with E-state index in [4.69, 9.17) is 4.74 Å². The van der Waals surface area contributed by atoms with Gasteiger partial charge in [0.2, 0.25) is 5.91 Å². The molecule has 1 aliphatic heterocycles. The summed E-state index contributed by atoms with van der Waals surface area (Å²) in [6.45, 7) is 4.59. The maximum Gasteiger partial charge on any atom is 0.471 e. The molecule has 2 rings (SSSR count). The zero-order valence-electron chi connectivity index (χ0n) is 17.1. The normalized spacial score (nSPS) is 16.1. The molecule has 1 atom stereocenters. The number of aryl methyl sites for hydroxylation is 1. The van der Waals surface area contributed by atoms with Gasteiger partial charge in [0, 0.05) is 13.1 Å². The first-order chi connectivity index (χ1) is 14.2. The fourth-order valence-electron chi connectivity index (χ4n) is 3.41. The van der Waals surface area contributed by atoms with Crippen LogP contribution in [0.25, 0.3) is 0 Å². The molecule has 6 nitrogen and oxygen atoms in total. The Bertz CT molecular complexity index is 742. The highest BCUT2D eigenvalue weighted by molar-refractivity contribution is 5.84. The molecule has 1 saturated heterocycles. The molecule has 0 saturated carbocycles. The maximum atomic E-state index is 12.8. The Morgan fingerprint density at radius 3 is 2.23 bits per heavy atom. The number of nitrogens with zero attached hydrogens (tertiary/aromatic N) is 1. The van der Waals surface area contributed by atoms with Crippen LogP contribution in [0.2, 0.25) is 0 Å². The number of nitrogens with one attached hydrogen (secondary N) is 1. The summed E-state index contributed by atoms with van der Waals surface area (Å²) in [5.41, 5.74) is 1.42. The molecule has 166 valence electrons. The molecule has 1 fully saturated rings. The van der Waals surface area contributed by atoms with Gasteiger partial charge in [-0.2, -0.15) is 13.2 Å². The molecule has 1 aromatic rings. The molecule has 1 heterocycles. The van der Waals surface area contributed by atoms with Crippen molar-refractivity contribution in [3.63, 3.8) is 0 Å². The number of piperidine rings is 1. The highest BCUT2D eigenvalue weighted by atomic mass is 19.4. The Morgan fingerprint density at radius 1 is 1.13 bits per heavy atom. The van der Waals surface area contributed by atoms with Crippen LogP contribution in [0.1, 0.15) is 50.3 Å². The van der Waals surface area contributed by atoms with Gasteiger partial charge in [-0.05, 0) is 37.3 Å². The summed E-state index contributed by atoms with van der Waals surface area (Å²) >= 11 is 0. The topological polar surface area (TPSA) is 75.7 Å². The number of benzene rings is 1. The van der Waals surface area contributed by atoms with Crippen molar-refractivity contribution in [1.82, 2.24) is 10.2 Å². The third-order valence-corrected chi connectivity index (χ3v) is 5.20. The fourth-order valence-corrected chi connectivity index (χ4v) is 3.41. The largest absolute Gasteiger partial charge is 0.471 e. The van der Waals surface area contributed by atoms with Gasteiger partial charge in [-0.15, -0.1) is 0 Å². The SMILES string of the molecule is CCOC(=O)C1CCN(C(=O)CC(NC(=O)C(F)(F)F)c2ccc(CC)cc2)CC1. The van der Waals surface area contributed by atoms with E-state index in [1.165, 1.54) is 4.90 Å². The first-order valence-corrected chi connectivity index (χ1v) is 10.1. The summed E-state index contributed by atoms with van der Waals surface area (Å²) in [5, 5.41) is 1.94. The lowest BCUT2D eigenvalue weighted by Gasteiger charge is -2.32. The third kappa shape index (κ3) is 6.47. The van der Waals surface area contributed by atoms with E-state index in [1.54, 1.807) is 31.2 Å². The number of likely N-dealkylation sites (tertiary alicyclic amines) is 1. The van der Waals surface area contributed by atoms with E-state index >= 15 is 0 Å². The van der Waals surface area contributed by atoms with Crippen LogP contribution in [0, 0.1) is 5.92 Å². The zero-order valence-corrected chi connectivity index (χ0v) is 17.1. The molecular formula is C21H27F3N2O4. The van der Waals surface area contributed by atoms with Crippen molar-refractivity contribution < 1.29 is 32.3 Å². The monoisotopic (exact) mass is 428 g/mol. The van der Waals surface area contributed by atoms with E-state index in [2.05, 4.69) is 0 Å². The minimum atomic E-state index is -5.04. The second-order valence-corrected chi connectivity index (χ2v) is 7.23. The van der Waals surface area contributed by atoms with Gasteiger partial charge in [-0.1, -0.05) is 31.2 Å². The number of hydrogen-bond acceptors (Lipinski definition) is 4. The van der Waals surface area contributed by atoms with Crippen LogP contribution < -0.4 is 5.32 Å². The Balaban J connectivity index is 2.06. The number of carbonyl (C=O) groups excluding carboxylic acids is 3. The van der Waals surface area contributed by atoms with Crippen LogP contribution in [0.3, 0.4) is 0 Å². The summed E-state index contributed by atoms with van der Waals surface area (Å²) in [7, 11) is 0. The van der Waals surface area contributed by atoms with Gasteiger partial charge in [-0.3, -0.25) is 14.4 Å². The number of hydrogen-bond donors (Lipinski definition) is 1. The first-order valence-electron chi connectivity index (χ1n) is 10.1. The number of amides is 2. The number of carbonyl (C=O) groups is 3. The lowest BCUT2D eigenvalue weighted by atomic mass is 9.95.